The maximum absolute atomic E-state index is 7.13. The van der Waals surface area contributed by atoms with Crippen LogP contribution in [0.25, 0.3) is 38.8 Å². The summed E-state index contributed by atoms with van der Waals surface area (Å²) in [6, 6.07) is 62.1. The molecular weight excluding hydrogens is 829 g/mol. The Morgan fingerprint density at radius 3 is 1.75 bits per heavy atom. The second-order valence-electron chi connectivity index (χ2n) is 22.3. The van der Waals surface area contributed by atoms with Crippen LogP contribution in [0.5, 0.6) is 11.5 Å². The van der Waals surface area contributed by atoms with Gasteiger partial charge in [0.2, 0.25) is 0 Å². The summed E-state index contributed by atoms with van der Waals surface area (Å²) in [4.78, 5) is 9.93. The number of rotatable bonds is 8. The topological polar surface area (TPSA) is 33.5 Å². The molecule has 0 saturated carbocycles. The van der Waals surface area contributed by atoms with Gasteiger partial charge in [0.15, 0.2) is 0 Å². The quantitative estimate of drug-likeness (QED) is 0.152. The first-order valence-electron chi connectivity index (χ1n) is 24.1. The van der Waals surface area contributed by atoms with E-state index < -0.39 is 0 Å². The minimum atomic E-state index is -0.334. The molecule has 0 unspecified atom stereocenters. The molecule has 5 nitrogen and oxygen atoms in total. The molecule has 2 aromatic heterocycles. The molecule has 7 aromatic carbocycles. The summed E-state index contributed by atoms with van der Waals surface area (Å²) >= 11 is 0. The Bertz CT molecular complexity index is 3320. The van der Waals surface area contributed by atoms with Crippen molar-refractivity contribution >= 4 is 44.6 Å². The largest absolute Gasteiger partial charge is 0.457 e. The van der Waals surface area contributed by atoms with Crippen molar-refractivity contribution in [1.29, 1.82) is 0 Å². The lowest BCUT2D eigenvalue weighted by atomic mass is 9.78. The molecule has 68 heavy (non-hydrogen) atoms. The summed E-state index contributed by atoms with van der Waals surface area (Å²) in [7, 11) is 0. The third-order valence-electron chi connectivity index (χ3n) is 14.1. The van der Waals surface area contributed by atoms with Crippen molar-refractivity contribution in [3.63, 3.8) is 0 Å². The standard InChI is InChI=1S/C63H64N4O/c1-60(2,3)45-26-29-56-58(37-45)66(49-33-43(42-20-14-12-15-21-42)32-47(34-49)62(7,8)9)41-65(56)50-35-48(63(10,11)44-22-16-13-17-23-44)36-52(39-50)68-51-27-28-54-53-24-18-19-25-55(53)67(57(54)40-51)59-38-46(30-31-64-59)61(4,5)6/h12-40H,41H2,1-11H3. The summed E-state index contributed by atoms with van der Waals surface area (Å²) in [5.41, 5.74) is 15.0. The number of hydrogen-bond acceptors (Lipinski definition) is 4. The van der Waals surface area contributed by atoms with Crippen LogP contribution in [0.3, 0.4) is 0 Å². The smallest absolute Gasteiger partial charge is 0.137 e. The summed E-state index contributed by atoms with van der Waals surface area (Å²) in [5.74, 6) is 2.44. The van der Waals surface area contributed by atoms with Crippen molar-refractivity contribution in [3.05, 3.63) is 204 Å². The van der Waals surface area contributed by atoms with Gasteiger partial charge in [0, 0.05) is 45.9 Å². The maximum atomic E-state index is 7.13. The van der Waals surface area contributed by atoms with E-state index in [0.717, 1.165) is 45.1 Å². The molecule has 0 bridgehead atoms. The molecule has 0 radical (unpaired) electrons. The van der Waals surface area contributed by atoms with Crippen LogP contribution >= 0.6 is 0 Å². The molecule has 0 aliphatic carbocycles. The molecule has 0 saturated heterocycles. The zero-order valence-corrected chi connectivity index (χ0v) is 41.6. The van der Waals surface area contributed by atoms with Crippen LogP contribution in [0.4, 0.5) is 22.7 Å². The predicted octanol–water partition coefficient (Wildman–Crippen LogP) is 17.1. The fraction of sp³-hybridized carbons (Fsp3) is 0.254. The summed E-state index contributed by atoms with van der Waals surface area (Å²) in [6.07, 6.45) is 1.93. The summed E-state index contributed by atoms with van der Waals surface area (Å²) < 4.78 is 9.41. The molecule has 342 valence electrons. The van der Waals surface area contributed by atoms with E-state index in [4.69, 9.17) is 9.72 Å². The van der Waals surface area contributed by atoms with Gasteiger partial charge in [-0.3, -0.25) is 4.57 Å². The van der Waals surface area contributed by atoms with Crippen LogP contribution in [0.1, 0.15) is 104 Å². The van der Waals surface area contributed by atoms with Crippen LogP contribution in [0, 0.1) is 0 Å². The van der Waals surface area contributed by atoms with Crippen molar-refractivity contribution < 1.29 is 4.74 Å². The number of benzene rings is 7. The van der Waals surface area contributed by atoms with Crippen LogP contribution in [-0.2, 0) is 21.7 Å². The van der Waals surface area contributed by atoms with E-state index in [2.05, 4.69) is 260 Å². The van der Waals surface area contributed by atoms with Gasteiger partial charge in [-0.15, -0.1) is 0 Å². The highest BCUT2D eigenvalue weighted by Gasteiger charge is 2.33. The highest BCUT2D eigenvalue weighted by Crippen LogP contribution is 2.49. The zero-order valence-electron chi connectivity index (χ0n) is 41.6. The molecule has 10 rings (SSSR count). The fourth-order valence-corrected chi connectivity index (χ4v) is 9.75. The highest BCUT2D eigenvalue weighted by molar-refractivity contribution is 6.09. The van der Waals surface area contributed by atoms with Crippen molar-refractivity contribution in [2.45, 2.75) is 97.8 Å². The van der Waals surface area contributed by atoms with E-state index in [-0.39, 0.29) is 21.7 Å². The second-order valence-corrected chi connectivity index (χ2v) is 22.3. The zero-order chi connectivity index (χ0) is 47.8. The van der Waals surface area contributed by atoms with E-state index in [0.29, 0.717) is 6.67 Å². The third kappa shape index (κ3) is 8.33. The number of anilines is 4. The minimum absolute atomic E-state index is 0.0235. The van der Waals surface area contributed by atoms with E-state index in [1.807, 2.05) is 6.20 Å². The van der Waals surface area contributed by atoms with Gasteiger partial charge < -0.3 is 14.5 Å². The Hall–Kier alpha value is -7.11. The molecule has 9 aromatic rings. The number of aromatic nitrogens is 2. The molecule has 0 atom stereocenters. The van der Waals surface area contributed by atoms with Gasteiger partial charge in [0.05, 0.1) is 22.4 Å². The second kappa shape index (κ2) is 16.6. The number of para-hydroxylation sites is 1. The van der Waals surface area contributed by atoms with Gasteiger partial charge in [-0.2, -0.15) is 0 Å². The van der Waals surface area contributed by atoms with Crippen molar-refractivity contribution in [1.82, 2.24) is 9.55 Å². The van der Waals surface area contributed by atoms with E-state index in [1.165, 1.54) is 55.7 Å². The first-order valence-corrected chi connectivity index (χ1v) is 24.1. The maximum Gasteiger partial charge on any atom is 0.137 e. The monoisotopic (exact) mass is 893 g/mol. The van der Waals surface area contributed by atoms with Gasteiger partial charge >= 0.3 is 0 Å². The molecule has 0 amide bonds. The van der Waals surface area contributed by atoms with Crippen molar-refractivity contribution in [2.24, 2.45) is 0 Å². The molecule has 1 aliphatic heterocycles. The Kier molecular flexibility index (Phi) is 10.9. The molecule has 3 heterocycles. The first-order chi connectivity index (χ1) is 32.3. The number of nitrogens with zero attached hydrogens (tertiary/aromatic N) is 4. The summed E-state index contributed by atoms with van der Waals surface area (Å²) in [6.45, 7) is 25.8. The highest BCUT2D eigenvalue weighted by atomic mass is 16.5. The molecule has 0 N–H and O–H groups in total. The Labute approximate surface area is 403 Å². The van der Waals surface area contributed by atoms with Gasteiger partial charge in [-0.1, -0.05) is 167 Å². The Morgan fingerprint density at radius 2 is 1.03 bits per heavy atom. The lowest BCUT2D eigenvalue weighted by Crippen LogP contribution is -2.25. The lowest BCUT2D eigenvalue weighted by Gasteiger charge is -2.29. The van der Waals surface area contributed by atoms with Crippen LogP contribution in [-0.4, -0.2) is 16.2 Å². The first kappa shape index (κ1) is 44.7. The van der Waals surface area contributed by atoms with Crippen LogP contribution in [0.2, 0.25) is 0 Å². The van der Waals surface area contributed by atoms with E-state index in [9.17, 15) is 0 Å². The van der Waals surface area contributed by atoms with Crippen LogP contribution < -0.4 is 14.5 Å². The Balaban J connectivity index is 1.13. The SMILES string of the molecule is CC(C)(C)c1cc(-c2ccccc2)cc(N2CN(c3cc(Oc4ccc5c6ccccc6n(-c6cc(C(C)(C)C)ccn6)c5c4)cc(C(C)(C)c4ccccc4)c3)c3ccc(C(C)(C)C)cc32)c1. The average molecular weight is 893 g/mol. The lowest BCUT2D eigenvalue weighted by molar-refractivity contribution is 0.480. The number of fused-ring (bicyclic) bond motifs is 4. The van der Waals surface area contributed by atoms with Gasteiger partial charge in [0.1, 0.15) is 24.0 Å². The average Bonchev–Trinajstić information content (AvgIpc) is 3.87. The van der Waals surface area contributed by atoms with Gasteiger partial charge in [-0.05, 0) is 122 Å². The molecule has 0 fully saturated rings. The number of hydrogen-bond donors (Lipinski definition) is 0. The minimum Gasteiger partial charge on any atom is -0.457 e. The Morgan fingerprint density at radius 1 is 0.412 bits per heavy atom. The number of pyridine rings is 1. The normalized spacial score (nSPS) is 13.4. The molecule has 5 heteroatoms. The van der Waals surface area contributed by atoms with E-state index >= 15 is 0 Å². The summed E-state index contributed by atoms with van der Waals surface area (Å²) in [5, 5.41) is 2.34. The molecule has 1 aliphatic rings. The molecule has 0 spiro atoms. The third-order valence-corrected chi connectivity index (χ3v) is 14.1. The number of ether oxygens (including phenoxy) is 1. The van der Waals surface area contributed by atoms with Crippen molar-refractivity contribution in [3.8, 4) is 28.4 Å². The fourth-order valence-electron chi connectivity index (χ4n) is 9.75. The van der Waals surface area contributed by atoms with Gasteiger partial charge in [-0.25, -0.2) is 4.98 Å². The van der Waals surface area contributed by atoms with Crippen molar-refractivity contribution in [2.75, 3.05) is 16.5 Å². The molecular formula is C63H64N4O. The van der Waals surface area contributed by atoms with E-state index in [1.54, 1.807) is 0 Å². The van der Waals surface area contributed by atoms with Gasteiger partial charge in [0.25, 0.3) is 0 Å². The predicted molar refractivity (Wildman–Crippen MR) is 287 cm³/mol. The van der Waals surface area contributed by atoms with Crippen LogP contribution in [0.15, 0.2) is 176 Å².